The number of anilines is 3. The number of nitrogens with one attached hydrogen (secondary N) is 2. The zero-order valence-corrected chi connectivity index (χ0v) is 16.1. The van der Waals surface area contributed by atoms with Crippen LogP contribution in [0.5, 0.6) is 0 Å². The summed E-state index contributed by atoms with van der Waals surface area (Å²) in [6.07, 6.45) is 0.918. The minimum Gasteiger partial charge on any atom is -0.385 e. The topological polar surface area (TPSA) is 59.1 Å². The molecule has 2 N–H and O–H groups in total. The molecule has 0 saturated heterocycles. The van der Waals surface area contributed by atoms with Crippen LogP contribution in [-0.4, -0.2) is 30.2 Å². The van der Waals surface area contributed by atoms with Gasteiger partial charge < -0.3 is 15.4 Å². The van der Waals surface area contributed by atoms with E-state index in [4.69, 9.17) is 9.72 Å². The monoisotopic (exact) mass is 362 g/mol. The van der Waals surface area contributed by atoms with Crippen molar-refractivity contribution in [2.45, 2.75) is 20.3 Å². The molecule has 0 saturated carbocycles. The highest BCUT2D eigenvalue weighted by Crippen LogP contribution is 2.24. The zero-order chi connectivity index (χ0) is 19.1. The van der Waals surface area contributed by atoms with Gasteiger partial charge >= 0.3 is 0 Å². The Hall–Kier alpha value is -2.92. The molecular weight excluding hydrogens is 336 g/mol. The van der Waals surface area contributed by atoms with Crippen molar-refractivity contribution in [2.24, 2.45) is 0 Å². The Morgan fingerprint density at radius 1 is 0.926 bits per heavy atom. The molecule has 27 heavy (non-hydrogen) atoms. The van der Waals surface area contributed by atoms with E-state index in [1.54, 1.807) is 7.11 Å². The van der Waals surface area contributed by atoms with Crippen LogP contribution < -0.4 is 10.6 Å². The summed E-state index contributed by atoms with van der Waals surface area (Å²) in [5.41, 5.74) is 5.34. The lowest BCUT2D eigenvalue weighted by atomic mass is 10.1. The third kappa shape index (κ3) is 5.53. The average Bonchev–Trinajstić information content (AvgIpc) is 2.65. The first-order valence-electron chi connectivity index (χ1n) is 9.16. The van der Waals surface area contributed by atoms with Gasteiger partial charge in [0.05, 0.1) is 5.69 Å². The van der Waals surface area contributed by atoms with Crippen LogP contribution in [0.25, 0.3) is 11.3 Å². The number of nitrogens with zero attached hydrogens (tertiary/aromatic N) is 2. The number of hydrogen-bond acceptors (Lipinski definition) is 5. The standard InChI is InChI=1S/C22H26N4O/c1-16-12-17(2)14-19(13-16)24-22-25-20(18-8-5-4-6-9-18)15-21(26-22)23-10-7-11-27-3/h4-6,8-9,12-15H,7,10-11H2,1-3H3,(H2,23,24,25,26). The zero-order valence-electron chi connectivity index (χ0n) is 16.1. The maximum Gasteiger partial charge on any atom is 0.229 e. The summed E-state index contributed by atoms with van der Waals surface area (Å²) >= 11 is 0. The molecule has 0 amide bonds. The van der Waals surface area contributed by atoms with Gasteiger partial charge in [-0.25, -0.2) is 4.98 Å². The Balaban J connectivity index is 1.89. The maximum atomic E-state index is 5.11. The minimum absolute atomic E-state index is 0.579. The van der Waals surface area contributed by atoms with E-state index in [0.717, 1.165) is 42.3 Å². The van der Waals surface area contributed by atoms with Gasteiger partial charge in [0, 0.05) is 37.6 Å². The largest absolute Gasteiger partial charge is 0.385 e. The molecule has 0 aliphatic heterocycles. The number of benzene rings is 2. The van der Waals surface area contributed by atoms with Gasteiger partial charge in [-0.15, -0.1) is 0 Å². The molecule has 140 valence electrons. The third-order valence-electron chi connectivity index (χ3n) is 4.10. The first kappa shape index (κ1) is 18.9. The van der Waals surface area contributed by atoms with E-state index >= 15 is 0 Å². The predicted octanol–water partition coefficient (Wildman–Crippen LogP) is 4.95. The van der Waals surface area contributed by atoms with Gasteiger partial charge in [-0.1, -0.05) is 36.4 Å². The summed E-state index contributed by atoms with van der Waals surface area (Å²) in [6.45, 7) is 5.68. The second-order valence-electron chi connectivity index (χ2n) is 6.60. The number of ether oxygens (including phenoxy) is 1. The second-order valence-corrected chi connectivity index (χ2v) is 6.60. The van der Waals surface area contributed by atoms with E-state index in [1.807, 2.05) is 24.3 Å². The summed E-state index contributed by atoms with van der Waals surface area (Å²) in [5.74, 6) is 1.38. The number of rotatable bonds is 8. The second kappa shape index (κ2) is 9.14. The highest BCUT2D eigenvalue weighted by molar-refractivity contribution is 5.66. The van der Waals surface area contributed by atoms with Crippen LogP contribution in [-0.2, 0) is 4.74 Å². The molecule has 0 radical (unpaired) electrons. The van der Waals surface area contributed by atoms with Crippen molar-refractivity contribution >= 4 is 17.5 Å². The van der Waals surface area contributed by atoms with Crippen molar-refractivity contribution in [3.05, 3.63) is 65.7 Å². The van der Waals surface area contributed by atoms with Crippen LogP contribution in [0.1, 0.15) is 17.5 Å². The molecule has 0 fully saturated rings. The first-order valence-corrected chi connectivity index (χ1v) is 9.16. The van der Waals surface area contributed by atoms with Gasteiger partial charge in [0.2, 0.25) is 5.95 Å². The Labute approximate surface area is 160 Å². The molecule has 0 aliphatic rings. The van der Waals surface area contributed by atoms with E-state index in [1.165, 1.54) is 11.1 Å². The number of hydrogen-bond donors (Lipinski definition) is 2. The molecule has 1 heterocycles. The molecule has 5 nitrogen and oxygen atoms in total. The summed E-state index contributed by atoms with van der Waals surface area (Å²) in [7, 11) is 1.71. The fraction of sp³-hybridized carbons (Fsp3) is 0.273. The Kier molecular flexibility index (Phi) is 6.39. The van der Waals surface area contributed by atoms with Crippen LogP contribution in [0.15, 0.2) is 54.6 Å². The summed E-state index contributed by atoms with van der Waals surface area (Å²) in [4.78, 5) is 9.35. The molecule has 0 bridgehead atoms. The fourth-order valence-corrected chi connectivity index (χ4v) is 2.96. The van der Waals surface area contributed by atoms with Gasteiger partial charge in [-0.05, 0) is 43.5 Å². The van der Waals surface area contributed by atoms with E-state index < -0.39 is 0 Å². The van der Waals surface area contributed by atoms with Gasteiger partial charge in [0.1, 0.15) is 5.82 Å². The molecule has 2 aromatic carbocycles. The smallest absolute Gasteiger partial charge is 0.229 e. The van der Waals surface area contributed by atoms with Crippen LogP contribution >= 0.6 is 0 Å². The van der Waals surface area contributed by atoms with Crippen molar-refractivity contribution in [2.75, 3.05) is 30.9 Å². The Morgan fingerprint density at radius 2 is 1.67 bits per heavy atom. The molecule has 5 heteroatoms. The normalized spacial score (nSPS) is 10.6. The third-order valence-corrected chi connectivity index (χ3v) is 4.10. The minimum atomic E-state index is 0.579. The Morgan fingerprint density at radius 3 is 2.37 bits per heavy atom. The first-order chi connectivity index (χ1) is 13.1. The van der Waals surface area contributed by atoms with Crippen molar-refractivity contribution < 1.29 is 4.74 Å². The molecule has 0 spiro atoms. The van der Waals surface area contributed by atoms with Gasteiger partial charge in [-0.3, -0.25) is 0 Å². The quantitative estimate of drug-likeness (QED) is 0.555. The van der Waals surface area contributed by atoms with Crippen LogP contribution in [0.2, 0.25) is 0 Å². The lowest BCUT2D eigenvalue weighted by Crippen LogP contribution is -2.08. The Bertz CT molecular complexity index is 860. The van der Waals surface area contributed by atoms with Crippen molar-refractivity contribution in [1.29, 1.82) is 0 Å². The lowest BCUT2D eigenvalue weighted by Gasteiger charge is -2.12. The van der Waals surface area contributed by atoms with Crippen molar-refractivity contribution in [3.8, 4) is 11.3 Å². The van der Waals surface area contributed by atoms with E-state index in [9.17, 15) is 0 Å². The van der Waals surface area contributed by atoms with Gasteiger partial charge in [-0.2, -0.15) is 4.98 Å². The summed E-state index contributed by atoms with van der Waals surface area (Å²) in [5, 5.41) is 6.72. The molecular formula is C22H26N4O. The molecule has 3 aromatic rings. The SMILES string of the molecule is COCCCNc1cc(-c2ccccc2)nc(Nc2cc(C)cc(C)c2)n1. The maximum absolute atomic E-state index is 5.11. The highest BCUT2D eigenvalue weighted by atomic mass is 16.5. The molecule has 1 aromatic heterocycles. The molecule has 0 atom stereocenters. The predicted molar refractivity (Wildman–Crippen MR) is 112 cm³/mol. The van der Waals surface area contributed by atoms with Crippen LogP contribution in [0, 0.1) is 13.8 Å². The fourth-order valence-electron chi connectivity index (χ4n) is 2.96. The summed E-state index contributed by atoms with van der Waals surface area (Å²) in [6, 6.07) is 18.5. The van der Waals surface area contributed by atoms with E-state index in [-0.39, 0.29) is 0 Å². The van der Waals surface area contributed by atoms with E-state index in [2.05, 4.69) is 59.8 Å². The van der Waals surface area contributed by atoms with Crippen molar-refractivity contribution in [1.82, 2.24) is 9.97 Å². The average molecular weight is 362 g/mol. The number of aryl methyl sites for hydroxylation is 2. The number of methoxy groups -OCH3 is 1. The molecule has 0 aliphatic carbocycles. The highest BCUT2D eigenvalue weighted by Gasteiger charge is 2.08. The summed E-state index contributed by atoms with van der Waals surface area (Å²) < 4.78 is 5.11. The molecule has 3 rings (SSSR count). The van der Waals surface area contributed by atoms with E-state index in [0.29, 0.717) is 5.95 Å². The van der Waals surface area contributed by atoms with Crippen LogP contribution in [0.3, 0.4) is 0 Å². The number of aromatic nitrogens is 2. The lowest BCUT2D eigenvalue weighted by molar-refractivity contribution is 0.198. The molecule has 0 unspecified atom stereocenters. The van der Waals surface area contributed by atoms with Gasteiger partial charge in [0.25, 0.3) is 0 Å². The van der Waals surface area contributed by atoms with Crippen LogP contribution in [0.4, 0.5) is 17.5 Å². The van der Waals surface area contributed by atoms with Crippen molar-refractivity contribution in [3.63, 3.8) is 0 Å². The van der Waals surface area contributed by atoms with Gasteiger partial charge in [0.15, 0.2) is 0 Å².